The summed E-state index contributed by atoms with van der Waals surface area (Å²) in [6.07, 6.45) is 4.70. The molecule has 1 N–H and O–H groups in total. The fourth-order valence-corrected chi connectivity index (χ4v) is 3.56. The van der Waals surface area contributed by atoms with E-state index in [-0.39, 0.29) is 0 Å². The van der Waals surface area contributed by atoms with Crippen LogP contribution in [-0.2, 0) is 19.3 Å². The van der Waals surface area contributed by atoms with Gasteiger partial charge in [0.25, 0.3) is 0 Å². The summed E-state index contributed by atoms with van der Waals surface area (Å²) < 4.78 is 0. The van der Waals surface area contributed by atoms with Gasteiger partial charge in [-0.15, -0.1) is 0 Å². The smallest absolute Gasteiger partial charge is 0.0679 e. The van der Waals surface area contributed by atoms with Crippen LogP contribution >= 0.6 is 0 Å². The van der Waals surface area contributed by atoms with Crippen LogP contribution in [0, 0.1) is 0 Å². The van der Waals surface area contributed by atoms with E-state index in [1.807, 2.05) is 0 Å². The number of nitrogens with zero attached hydrogens (tertiary/aromatic N) is 1. The average Bonchev–Trinajstić information content (AvgIpc) is 2.83. The number of rotatable bonds is 2. The molecule has 2 aromatic rings. The van der Waals surface area contributed by atoms with E-state index in [4.69, 9.17) is 0 Å². The highest BCUT2D eigenvalue weighted by Gasteiger charge is 2.24. The second-order valence-electron chi connectivity index (χ2n) is 5.65. The van der Waals surface area contributed by atoms with Crippen LogP contribution in [0.15, 0.2) is 23.3 Å². The zero-order valence-corrected chi connectivity index (χ0v) is 11.5. The Labute approximate surface area is 113 Å². The lowest BCUT2D eigenvalue weighted by Crippen LogP contribution is -2.10. The van der Waals surface area contributed by atoms with Gasteiger partial charge in [0.05, 0.1) is 11.4 Å². The molecule has 1 aliphatic heterocycles. The third kappa shape index (κ3) is 1.40. The van der Waals surface area contributed by atoms with Crippen LogP contribution in [0.25, 0.3) is 10.8 Å². The summed E-state index contributed by atoms with van der Waals surface area (Å²) in [4.78, 5) is 0. The van der Waals surface area contributed by atoms with Gasteiger partial charge in [0.2, 0.25) is 0 Å². The van der Waals surface area contributed by atoms with Crippen LogP contribution in [0.1, 0.15) is 42.5 Å². The third-order valence-corrected chi connectivity index (χ3v) is 4.44. The average molecular weight is 250 g/mol. The molecule has 2 heteroatoms. The molecule has 0 fully saturated rings. The number of aryl methyl sites for hydroxylation is 3. The molecule has 2 aromatic carbocycles. The molecule has 2 nitrogen and oxygen atoms in total. The maximum atomic E-state index is 4.49. The van der Waals surface area contributed by atoms with Gasteiger partial charge in [0, 0.05) is 10.9 Å². The lowest BCUT2D eigenvalue weighted by molar-refractivity contribution is 0.918. The third-order valence-electron chi connectivity index (χ3n) is 4.44. The molecule has 2 aliphatic rings. The fourth-order valence-electron chi connectivity index (χ4n) is 3.56. The normalized spacial score (nSPS) is 15.6. The predicted octanol–water partition coefficient (Wildman–Crippen LogP) is 4.04. The number of anilines is 1. The van der Waals surface area contributed by atoms with Gasteiger partial charge in [-0.2, -0.15) is 5.10 Å². The van der Waals surface area contributed by atoms with Crippen molar-refractivity contribution in [2.24, 2.45) is 5.10 Å². The zero-order chi connectivity index (χ0) is 13.0. The summed E-state index contributed by atoms with van der Waals surface area (Å²) in [6, 6.07) is 6.96. The molecular formula is C17H18N2. The van der Waals surface area contributed by atoms with E-state index >= 15 is 0 Å². The summed E-state index contributed by atoms with van der Waals surface area (Å²) in [5.41, 5.74) is 11.4. The molecule has 1 aliphatic carbocycles. The van der Waals surface area contributed by atoms with Gasteiger partial charge >= 0.3 is 0 Å². The van der Waals surface area contributed by atoms with Crippen molar-refractivity contribution in [3.05, 3.63) is 40.5 Å². The Morgan fingerprint density at radius 1 is 1.16 bits per heavy atom. The second-order valence-corrected chi connectivity index (χ2v) is 5.65. The molecule has 96 valence electrons. The van der Waals surface area contributed by atoms with Crippen molar-refractivity contribution in [2.45, 2.75) is 39.5 Å². The van der Waals surface area contributed by atoms with Crippen molar-refractivity contribution in [1.29, 1.82) is 0 Å². The van der Waals surface area contributed by atoms with E-state index < -0.39 is 0 Å². The van der Waals surface area contributed by atoms with Gasteiger partial charge in [-0.05, 0) is 48.3 Å². The van der Waals surface area contributed by atoms with Crippen LogP contribution in [0.4, 0.5) is 5.69 Å². The van der Waals surface area contributed by atoms with Gasteiger partial charge in [-0.3, -0.25) is 5.43 Å². The monoisotopic (exact) mass is 250 g/mol. The Bertz CT molecular complexity index is 726. The van der Waals surface area contributed by atoms with Gasteiger partial charge in [0.15, 0.2) is 0 Å². The summed E-state index contributed by atoms with van der Waals surface area (Å²) in [7, 11) is 0. The summed E-state index contributed by atoms with van der Waals surface area (Å²) >= 11 is 0. The van der Waals surface area contributed by atoms with E-state index in [0.29, 0.717) is 0 Å². The van der Waals surface area contributed by atoms with E-state index in [1.54, 1.807) is 0 Å². The molecule has 0 atom stereocenters. The highest BCUT2D eigenvalue weighted by atomic mass is 15.3. The van der Waals surface area contributed by atoms with Crippen LogP contribution < -0.4 is 5.43 Å². The first-order valence-corrected chi connectivity index (χ1v) is 7.20. The molecular weight excluding hydrogens is 232 g/mol. The second kappa shape index (κ2) is 3.83. The first-order valence-electron chi connectivity index (χ1n) is 7.20. The molecule has 4 rings (SSSR count). The van der Waals surface area contributed by atoms with Crippen LogP contribution in [0.5, 0.6) is 0 Å². The Kier molecular flexibility index (Phi) is 2.22. The van der Waals surface area contributed by atoms with Crippen molar-refractivity contribution in [3.63, 3.8) is 0 Å². The van der Waals surface area contributed by atoms with Crippen LogP contribution in [0.3, 0.4) is 0 Å². The zero-order valence-electron chi connectivity index (χ0n) is 11.5. The minimum Gasteiger partial charge on any atom is -0.277 e. The summed E-state index contributed by atoms with van der Waals surface area (Å²) in [5.74, 6) is 0. The highest BCUT2D eigenvalue weighted by Crippen LogP contribution is 2.41. The number of hydrogen-bond donors (Lipinski definition) is 1. The molecule has 0 unspecified atom stereocenters. The van der Waals surface area contributed by atoms with E-state index in [2.05, 4.69) is 42.6 Å². The summed E-state index contributed by atoms with van der Waals surface area (Å²) in [6.45, 7) is 4.33. The maximum Gasteiger partial charge on any atom is 0.0679 e. The van der Waals surface area contributed by atoms with Crippen molar-refractivity contribution in [3.8, 4) is 0 Å². The highest BCUT2D eigenvalue weighted by molar-refractivity contribution is 6.18. The number of benzene rings is 2. The predicted molar refractivity (Wildman–Crippen MR) is 81.2 cm³/mol. The van der Waals surface area contributed by atoms with Crippen LogP contribution in [-0.4, -0.2) is 5.71 Å². The van der Waals surface area contributed by atoms with Gasteiger partial charge in [-0.1, -0.05) is 31.5 Å². The lowest BCUT2D eigenvalue weighted by atomic mass is 9.91. The number of hydrogen-bond acceptors (Lipinski definition) is 2. The number of nitrogens with one attached hydrogen (secondary N) is 1. The van der Waals surface area contributed by atoms with Gasteiger partial charge < -0.3 is 0 Å². The topological polar surface area (TPSA) is 24.4 Å². The Morgan fingerprint density at radius 2 is 2.00 bits per heavy atom. The van der Waals surface area contributed by atoms with E-state index in [1.165, 1.54) is 58.0 Å². The standard InChI is InChI=1S/C17H18N2/c1-3-4-13-9-12-6-5-11-7-8-14-10(2)18-19-17(13)16(14)15(11)12/h7-9,19H,3-6H2,1-2H3. The molecule has 0 saturated heterocycles. The first-order chi connectivity index (χ1) is 9.29. The molecule has 0 aromatic heterocycles. The first kappa shape index (κ1) is 11.0. The van der Waals surface area contributed by atoms with Gasteiger partial charge in [0.1, 0.15) is 0 Å². The SMILES string of the molecule is CCCc1cc2c3c(ccc4c3c1NN=C4C)CC2. The molecule has 0 saturated carbocycles. The quantitative estimate of drug-likeness (QED) is 0.854. The molecule has 1 heterocycles. The Balaban J connectivity index is 2.15. The van der Waals surface area contributed by atoms with Gasteiger partial charge in [-0.25, -0.2) is 0 Å². The fraction of sp³-hybridized carbons (Fsp3) is 0.353. The minimum atomic E-state index is 1.10. The Morgan fingerprint density at radius 3 is 2.84 bits per heavy atom. The van der Waals surface area contributed by atoms with Crippen molar-refractivity contribution >= 4 is 22.2 Å². The molecule has 19 heavy (non-hydrogen) atoms. The molecule has 0 radical (unpaired) electrons. The van der Waals surface area contributed by atoms with Crippen LogP contribution in [0.2, 0.25) is 0 Å². The summed E-state index contributed by atoms with van der Waals surface area (Å²) in [5, 5.41) is 7.40. The largest absolute Gasteiger partial charge is 0.277 e. The van der Waals surface area contributed by atoms with Crippen molar-refractivity contribution in [1.82, 2.24) is 0 Å². The molecule has 0 bridgehead atoms. The number of hydrazone groups is 1. The van der Waals surface area contributed by atoms with Crippen molar-refractivity contribution in [2.75, 3.05) is 5.43 Å². The van der Waals surface area contributed by atoms with E-state index in [9.17, 15) is 0 Å². The van der Waals surface area contributed by atoms with E-state index in [0.717, 1.165) is 12.1 Å². The Hall–Kier alpha value is -1.83. The van der Waals surface area contributed by atoms with Crippen molar-refractivity contribution < 1.29 is 0 Å². The lowest BCUT2D eigenvalue weighted by Gasteiger charge is -2.21. The minimum absolute atomic E-state index is 1.10. The maximum absolute atomic E-state index is 4.49. The molecule has 0 spiro atoms. The molecule has 0 amide bonds.